The van der Waals surface area contributed by atoms with Crippen LogP contribution in [-0.2, 0) is 16.1 Å². The van der Waals surface area contributed by atoms with Gasteiger partial charge >= 0.3 is 0 Å². The number of carbonyl (C=O) groups is 1. The van der Waals surface area contributed by atoms with Crippen LogP contribution in [0.1, 0.15) is 25.3 Å². The maximum atomic E-state index is 11.5. The fourth-order valence-electron chi connectivity index (χ4n) is 1.34. The minimum Gasteiger partial charge on any atom is -0.382 e. The molecule has 0 aliphatic heterocycles. The summed E-state index contributed by atoms with van der Waals surface area (Å²) in [5.74, 6) is 0.0766. The van der Waals surface area contributed by atoms with Crippen molar-refractivity contribution in [3.05, 3.63) is 35.9 Å². The van der Waals surface area contributed by atoms with E-state index in [0.29, 0.717) is 13.0 Å². The van der Waals surface area contributed by atoms with Crippen LogP contribution in [0.25, 0.3) is 0 Å². The second-order valence-corrected chi connectivity index (χ2v) is 3.85. The molecular weight excluding hydrogens is 202 g/mol. The fraction of sp³-hybridized carbons (Fsp3) is 0.462. The average Bonchev–Trinajstić information content (AvgIpc) is 2.34. The molecule has 0 radical (unpaired) electrons. The number of amides is 1. The first-order valence-corrected chi connectivity index (χ1v) is 5.56. The average molecular weight is 221 g/mol. The van der Waals surface area contributed by atoms with E-state index in [4.69, 9.17) is 4.74 Å². The van der Waals surface area contributed by atoms with Crippen molar-refractivity contribution in [3.8, 4) is 0 Å². The van der Waals surface area contributed by atoms with Crippen LogP contribution in [0.2, 0.25) is 0 Å². The fourth-order valence-corrected chi connectivity index (χ4v) is 1.34. The molecule has 88 valence electrons. The Bertz CT molecular complexity index is 311. The van der Waals surface area contributed by atoms with Crippen LogP contribution in [-0.4, -0.2) is 19.1 Å². The molecule has 0 bridgehead atoms. The molecule has 0 aliphatic rings. The van der Waals surface area contributed by atoms with E-state index in [0.717, 1.165) is 12.0 Å². The van der Waals surface area contributed by atoms with Gasteiger partial charge in [-0.05, 0) is 18.9 Å². The maximum Gasteiger partial charge on any atom is 0.220 e. The molecule has 0 spiro atoms. The van der Waals surface area contributed by atoms with E-state index in [9.17, 15) is 4.79 Å². The molecule has 0 saturated heterocycles. The third-order valence-electron chi connectivity index (χ3n) is 2.51. The minimum atomic E-state index is 0.0766. The van der Waals surface area contributed by atoms with Crippen LogP contribution in [0.3, 0.4) is 0 Å². The molecule has 1 aromatic rings. The first-order valence-electron chi connectivity index (χ1n) is 5.56. The first-order chi connectivity index (χ1) is 7.72. The third kappa shape index (κ3) is 4.94. The largest absolute Gasteiger partial charge is 0.382 e. The van der Waals surface area contributed by atoms with Gasteiger partial charge in [0.2, 0.25) is 5.91 Å². The highest BCUT2D eigenvalue weighted by Gasteiger charge is 2.05. The highest BCUT2D eigenvalue weighted by molar-refractivity contribution is 5.75. The van der Waals surface area contributed by atoms with Gasteiger partial charge in [-0.2, -0.15) is 0 Å². The number of hydrogen-bond acceptors (Lipinski definition) is 2. The molecular formula is C13H19NO2. The number of nitrogens with one attached hydrogen (secondary N) is 1. The summed E-state index contributed by atoms with van der Waals surface area (Å²) in [5, 5.41) is 2.88. The molecule has 0 fully saturated rings. The smallest absolute Gasteiger partial charge is 0.220 e. The summed E-state index contributed by atoms with van der Waals surface area (Å²) in [4.78, 5) is 11.5. The summed E-state index contributed by atoms with van der Waals surface area (Å²) in [6.07, 6.45) is 1.42. The lowest BCUT2D eigenvalue weighted by Gasteiger charge is -2.09. The summed E-state index contributed by atoms with van der Waals surface area (Å²) < 4.78 is 5.08. The van der Waals surface area contributed by atoms with Crippen molar-refractivity contribution in [2.24, 2.45) is 0 Å². The molecule has 1 unspecified atom stereocenters. The Balaban J connectivity index is 2.20. The molecule has 3 nitrogen and oxygen atoms in total. The molecule has 16 heavy (non-hydrogen) atoms. The van der Waals surface area contributed by atoms with Gasteiger partial charge in [0.05, 0.1) is 6.10 Å². The molecule has 3 heteroatoms. The lowest BCUT2D eigenvalue weighted by Crippen LogP contribution is -2.23. The highest BCUT2D eigenvalue weighted by atomic mass is 16.5. The molecule has 0 aliphatic carbocycles. The van der Waals surface area contributed by atoms with Gasteiger partial charge in [0.1, 0.15) is 0 Å². The van der Waals surface area contributed by atoms with Gasteiger partial charge < -0.3 is 10.1 Å². The molecule has 1 atom stereocenters. The van der Waals surface area contributed by atoms with Crippen molar-refractivity contribution in [2.75, 3.05) is 7.11 Å². The number of ether oxygens (including phenoxy) is 1. The Kier molecular flexibility index (Phi) is 5.57. The van der Waals surface area contributed by atoms with Crippen molar-refractivity contribution < 1.29 is 9.53 Å². The number of methoxy groups -OCH3 is 1. The van der Waals surface area contributed by atoms with Crippen molar-refractivity contribution >= 4 is 5.91 Å². The van der Waals surface area contributed by atoms with Gasteiger partial charge in [-0.1, -0.05) is 30.3 Å². The third-order valence-corrected chi connectivity index (χ3v) is 2.51. The summed E-state index contributed by atoms with van der Waals surface area (Å²) in [5.41, 5.74) is 1.12. The van der Waals surface area contributed by atoms with E-state index in [1.807, 2.05) is 37.3 Å². The lowest BCUT2D eigenvalue weighted by atomic mass is 10.2. The van der Waals surface area contributed by atoms with Crippen molar-refractivity contribution in [2.45, 2.75) is 32.4 Å². The Morgan fingerprint density at radius 3 is 2.69 bits per heavy atom. The highest BCUT2D eigenvalue weighted by Crippen LogP contribution is 2.01. The molecule has 1 rings (SSSR count). The van der Waals surface area contributed by atoms with E-state index in [1.54, 1.807) is 7.11 Å². The van der Waals surface area contributed by atoms with Crippen LogP contribution in [0.4, 0.5) is 0 Å². The predicted molar refractivity (Wildman–Crippen MR) is 64.0 cm³/mol. The standard InChI is InChI=1S/C13H19NO2/c1-11(16-2)8-9-13(15)14-10-12-6-4-3-5-7-12/h3-7,11H,8-10H2,1-2H3,(H,14,15). The number of hydrogen-bond donors (Lipinski definition) is 1. The lowest BCUT2D eigenvalue weighted by molar-refractivity contribution is -0.121. The number of benzene rings is 1. The minimum absolute atomic E-state index is 0.0766. The number of rotatable bonds is 6. The Morgan fingerprint density at radius 1 is 1.38 bits per heavy atom. The second-order valence-electron chi connectivity index (χ2n) is 3.85. The van der Waals surface area contributed by atoms with Gasteiger partial charge in [-0.25, -0.2) is 0 Å². The summed E-state index contributed by atoms with van der Waals surface area (Å²) in [6.45, 7) is 2.56. The van der Waals surface area contributed by atoms with Gasteiger partial charge in [0.25, 0.3) is 0 Å². The normalized spacial score (nSPS) is 12.1. The molecule has 1 aromatic carbocycles. The number of carbonyl (C=O) groups excluding carboxylic acids is 1. The van der Waals surface area contributed by atoms with E-state index < -0.39 is 0 Å². The Hall–Kier alpha value is -1.35. The summed E-state index contributed by atoms with van der Waals surface area (Å²) in [6, 6.07) is 9.89. The molecule has 0 heterocycles. The summed E-state index contributed by atoms with van der Waals surface area (Å²) in [7, 11) is 1.66. The van der Waals surface area contributed by atoms with Gasteiger partial charge in [0, 0.05) is 20.1 Å². The van der Waals surface area contributed by atoms with Crippen molar-refractivity contribution in [1.82, 2.24) is 5.32 Å². The zero-order valence-electron chi connectivity index (χ0n) is 9.90. The molecule has 0 aromatic heterocycles. The van der Waals surface area contributed by atoms with Gasteiger partial charge in [-0.3, -0.25) is 4.79 Å². The summed E-state index contributed by atoms with van der Waals surface area (Å²) >= 11 is 0. The monoisotopic (exact) mass is 221 g/mol. The maximum absolute atomic E-state index is 11.5. The van der Waals surface area contributed by atoms with Gasteiger partial charge in [0.15, 0.2) is 0 Å². The van der Waals surface area contributed by atoms with Crippen LogP contribution < -0.4 is 5.32 Å². The van der Waals surface area contributed by atoms with Crippen molar-refractivity contribution in [1.29, 1.82) is 0 Å². The Labute approximate surface area is 96.8 Å². The van der Waals surface area contributed by atoms with E-state index in [2.05, 4.69) is 5.32 Å². The van der Waals surface area contributed by atoms with E-state index >= 15 is 0 Å². The predicted octanol–water partition coefficient (Wildman–Crippen LogP) is 2.12. The zero-order valence-corrected chi connectivity index (χ0v) is 9.90. The van der Waals surface area contributed by atoms with E-state index in [1.165, 1.54) is 0 Å². The van der Waals surface area contributed by atoms with Crippen LogP contribution in [0.15, 0.2) is 30.3 Å². The topological polar surface area (TPSA) is 38.3 Å². The van der Waals surface area contributed by atoms with Crippen molar-refractivity contribution in [3.63, 3.8) is 0 Å². The zero-order chi connectivity index (χ0) is 11.8. The molecule has 1 amide bonds. The first kappa shape index (κ1) is 12.7. The second kappa shape index (κ2) is 7.01. The van der Waals surface area contributed by atoms with Gasteiger partial charge in [-0.15, -0.1) is 0 Å². The van der Waals surface area contributed by atoms with Crippen LogP contribution >= 0.6 is 0 Å². The van der Waals surface area contributed by atoms with Crippen LogP contribution in [0, 0.1) is 0 Å². The quantitative estimate of drug-likeness (QED) is 0.799. The van der Waals surface area contributed by atoms with E-state index in [-0.39, 0.29) is 12.0 Å². The molecule has 1 N–H and O–H groups in total. The Morgan fingerprint density at radius 2 is 2.06 bits per heavy atom. The van der Waals surface area contributed by atoms with Crippen LogP contribution in [0.5, 0.6) is 0 Å². The SMILES string of the molecule is COC(C)CCC(=O)NCc1ccccc1. The molecule has 0 saturated carbocycles.